The third-order valence-electron chi connectivity index (χ3n) is 2.56. The van der Waals surface area contributed by atoms with Crippen LogP contribution in [0.25, 0.3) is 11.0 Å². The number of carboxylic acid groups (broad SMARTS) is 1. The van der Waals surface area contributed by atoms with Crippen molar-refractivity contribution in [2.45, 2.75) is 12.6 Å². The van der Waals surface area contributed by atoms with Gasteiger partial charge in [-0.25, -0.2) is 4.79 Å². The Bertz CT molecular complexity index is 591. The summed E-state index contributed by atoms with van der Waals surface area (Å²) in [5, 5.41) is 11.9. The molecule has 6 heteroatoms. The smallest absolute Gasteiger partial charge is 0.330 e. The zero-order valence-corrected chi connectivity index (χ0v) is 9.42. The van der Waals surface area contributed by atoms with Crippen molar-refractivity contribution in [2.24, 2.45) is 5.73 Å². The fourth-order valence-corrected chi connectivity index (χ4v) is 1.57. The Morgan fingerprint density at radius 2 is 2.11 bits per heavy atom. The molecule has 1 aromatic carbocycles. The van der Waals surface area contributed by atoms with Gasteiger partial charge in [-0.1, -0.05) is 18.2 Å². The highest BCUT2D eigenvalue weighted by Gasteiger charge is 2.20. The van der Waals surface area contributed by atoms with Crippen molar-refractivity contribution in [3.8, 4) is 0 Å². The maximum atomic E-state index is 11.4. The topological polar surface area (TPSA) is 106 Å². The zero-order valence-electron chi connectivity index (χ0n) is 9.42. The number of carboxylic acids is 1. The van der Waals surface area contributed by atoms with Gasteiger partial charge in [0.05, 0.1) is 6.26 Å². The van der Waals surface area contributed by atoms with Gasteiger partial charge in [-0.3, -0.25) is 4.79 Å². The van der Waals surface area contributed by atoms with Crippen molar-refractivity contribution in [3.63, 3.8) is 0 Å². The average molecular weight is 248 g/mol. The van der Waals surface area contributed by atoms with Gasteiger partial charge in [-0.05, 0) is 6.07 Å². The summed E-state index contributed by atoms with van der Waals surface area (Å²) in [5.41, 5.74) is 6.66. The van der Waals surface area contributed by atoms with E-state index in [1.807, 2.05) is 24.3 Å². The molecule has 2 rings (SSSR count). The number of furan rings is 1. The fourth-order valence-electron chi connectivity index (χ4n) is 1.57. The van der Waals surface area contributed by atoms with Gasteiger partial charge in [-0.15, -0.1) is 0 Å². The summed E-state index contributed by atoms with van der Waals surface area (Å²) in [6.45, 7) is 0.177. The minimum atomic E-state index is -1.55. The second-order valence-electron chi connectivity index (χ2n) is 3.79. The second-order valence-corrected chi connectivity index (χ2v) is 3.79. The van der Waals surface area contributed by atoms with E-state index in [1.165, 1.54) is 6.26 Å². The highest BCUT2D eigenvalue weighted by molar-refractivity contribution is 6.00. The highest BCUT2D eigenvalue weighted by atomic mass is 16.4. The Morgan fingerprint density at radius 1 is 1.39 bits per heavy atom. The maximum absolute atomic E-state index is 11.4. The van der Waals surface area contributed by atoms with Crippen LogP contribution in [0.4, 0.5) is 0 Å². The van der Waals surface area contributed by atoms with Gasteiger partial charge in [0.1, 0.15) is 5.58 Å². The van der Waals surface area contributed by atoms with E-state index in [4.69, 9.17) is 15.3 Å². The van der Waals surface area contributed by atoms with Crippen molar-refractivity contribution in [1.82, 2.24) is 5.32 Å². The number of nitrogens with two attached hydrogens (primary N) is 1. The number of carbonyl (C=O) groups excluding carboxylic acids is 1. The molecule has 0 saturated carbocycles. The van der Waals surface area contributed by atoms with Gasteiger partial charge in [0.15, 0.2) is 6.04 Å². The molecule has 0 aliphatic carbocycles. The standard InChI is InChI=1S/C12H12N2O4/c13-10(12(16)17)11(15)14-5-7-6-18-9-4-2-1-3-8(7)9/h1-4,6,10H,5,13H2,(H,14,15)(H,16,17). The molecule has 1 unspecified atom stereocenters. The number of hydrogen-bond donors (Lipinski definition) is 3. The predicted octanol–water partition coefficient (Wildman–Crippen LogP) is 0.461. The minimum absolute atomic E-state index is 0.177. The van der Waals surface area contributed by atoms with Gasteiger partial charge < -0.3 is 20.6 Å². The molecule has 2 aromatic rings. The molecule has 1 heterocycles. The van der Waals surface area contributed by atoms with Gasteiger partial charge in [0, 0.05) is 17.5 Å². The zero-order chi connectivity index (χ0) is 13.1. The first-order chi connectivity index (χ1) is 8.59. The van der Waals surface area contributed by atoms with Crippen LogP contribution in [0.5, 0.6) is 0 Å². The Kier molecular flexibility index (Phi) is 3.29. The van der Waals surface area contributed by atoms with Gasteiger partial charge in [-0.2, -0.15) is 0 Å². The van der Waals surface area contributed by atoms with Crippen LogP contribution in [0.3, 0.4) is 0 Å². The van der Waals surface area contributed by atoms with Crippen molar-refractivity contribution in [3.05, 3.63) is 36.1 Å². The summed E-state index contributed by atoms with van der Waals surface area (Å²) in [6, 6.07) is 5.81. The Hall–Kier alpha value is -2.34. The number of aliphatic carboxylic acids is 1. The molecular formula is C12H12N2O4. The summed E-state index contributed by atoms with van der Waals surface area (Å²) in [6.07, 6.45) is 1.53. The van der Waals surface area contributed by atoms with E-state index < -0.39 is 17.9 Å². The highest BCUT2D eigenvalue weighted by Crippen LogP contribution is 2.20. The van der Waals surface area contributed by atoms with E-state index in [2.05, 4.69) is 5.32 Å². The molecule has 18 heavy (non-hydrogen) atoms. The molecule has 0 aliphatic rings. The third kappa shape index (κ3) is 2.33. The van der Waals surface area contributed by atoms with Crippen LogP contribution in [0, 0.1) is 0 Å². The van der Waals surface area contributed by atoms with Crippen molar-refractivity contribution >= 4 is 22.8 Å². The molecular weight excluding hydrogens is 236 g/mol. The molecule has 1 atom stereocenters. The number of nitrogens with one attached hydrogen (secondary N) is 1. The van der Waals surface area contributed by atoms with Crippen LogP contribution in [0.2, 0.25) is 0 Å². The summed E-state index contributed by atoms with van der Waals surface area (Å²) < 4.78 is 5.29. The van der Waals surface area contributed by atoms with Gasteiger partial charge in [0.2, 0.25) is 5.91 Å². The third-order valence-corrected chi connectivity index (χ3v) is 2.56. The second kappa shape index (κ2) is 4.89. The molecule has 1 amide bonds. The van der Waals surface area contributed by atoms with E-state index in [-0.39, 0.29) is 6.54 Å². The molecule has 0 spiro atoms. The Morgan fingerprint density at radius 3 is 2.83 bits per heavy atom. The largest absolute Gasteiger partial charge is 0.480 e. The van der Waals surface area contributed by atoms with E-state index in [1.54, 1.807) is 0 Å². The summed E-state index contributed by atoms with van der Waals surface area (Å²) >= 11 is 0. The lowest BCUT2D eigenvalue weighted by Gasteiger charge is -2.07. The number of benzene rings is 1. The Labute approximate surface area is 102 Å². The average Bonchev–Trinajstić information content (AvgIpc) is 2.78. The molecule has 1 aromatic heterocycles. The first-order valence-electron chi connectivity index (χ1n) is 5.31. The lowest BCUT2D eigenvalue weighted by molar-refractivity contribution is -0.142. The lowest BCUT2D eigenvalue weighted by Crippen LogP contribution is -2.45. The van der Waals surface area contributed by atoms with Crippen molar-refractivity contribution in [2.75, 3.05) is 0 Å². The van der Waals surface area contributed by atoms with E-state index >= 15 is 0 Å². The van der Waals surface area contributed by atoms with Gasteiger partial charge in [0.25, 0.3) is 0 Å². The molecule has 0 fully saturated rings. The van der Waals surface area contributed by atoms with E-state index in [0.29, 0.717) is 5.58 Å². The van der Waals surface area contributed by atoms with Crippen LogP contribution in [0.15, 0.2) is 34.9 Å². The molecule has 0 saturated heterocycles. The maximum Gasteiger partial charge on any atom is 0.330 e. The Balaban J connectivity index is 2.07. The monoisotopic (exact) mass is 248 g/mol. The van der Waals surface area contributed by atoms with Crippen LogP contribution >= 0.6 is 0 Å². The van der Waals surface area contributed by atoms with Crippen LogP contribution < -0.4 is 11.1 Å². The lowest BCUT2D eigenvalue weighted by atomic mass is 10.2. The molecule has 6 nitrogen and oxygen atoms in total. The quantitative estimate of drug-likeness (QED) is 0.682. The van der Waals surface area contributed by atoms with Crippen LogP contribution in [-0.2, 0) is 16.1 Å². The molecule has 0 aliphatic heterocycles. The van der Waals surface area contributed by atoms with Crippen LogP contribution in [-0.4, -0.2) is 23.0 Å². The molecule has 4 N–H and O–H groups in total. The number of fused-ring (bicyclic) bond motifs is 1. The summed E-state index contributed by atoms with van der Waals surface area (Å²) in [4.78, 5) is 21.9. The predicted molar refractivity (Wildman–Crippen MR) is 63.7 cm³/mol. The molecule has 0 radical (unpaired) electrons. The number of amides is 1. The van der Waals surface area contributed by atoms with Crippen LogP contribution in [0.1, 0.15) is 5.56 Å². The normalized spacial score (nSPS) is 12.3. The van der Waals surface area contributed by atoms with Gasteiger partial charge >= 0.3 is 5.97 Å². The van der Waals surface area contributed by atoms with E-state index in [9.17, 15) is 9.59 Å². The summed E-state index contributed by atoms with van der Waals surface area (Å²) in [5.74, 6) is -2.09. The number of hydrogen-bond acceptors (Lipinski definition) is 4. The fraction of sp³-hybridized carbons (Fsp3) is 0.167. The number of para-hydroxylation sites is 1. The number of carbonyl (C=O) groups is 2. The van der Waals surface area contributed by atoms with E-state index in [0.717, 1.165) is 10.9 Å². The minimum Gasteiger partial charge on any atom is -0.480 e. The first-order valence-corrected chi connectivity index (χ1v) is 5.31. The van der Waals surface area contributed by atoms with Crippen molar-refractivity contribution < 1.29 is 19.1 Å². The van der Waals surface area contributed by atoms with Crippen molar-refractivity contribution in [1.29, 1.82) is 0 Å². The number of rotatable bonds is 4. The summed E-state index contributed by atoms with van der Waals surface area (Å²) in [7, 11) is 0. The molecule has 0 bridgehead atoms. The first kappa shape index (κ1) is 12.1. The SMILES string of the molecule is NC(C(=O)O)C(=O)NCc1coc2ccccc12. The molecule has 94 valence electrons.